The van der Waals surface area contributed by atoms with Crippen LogP contribution in [0.5, 0.6) is 0 Å². The van der Waals surface area contributed by atoms with E-state index in [1.54, 1.807) is 0 Å². The fourth-order valence-electron chi connectivity index (χ4n) is 0.996. The molecule has 0 spiro atoms. The molecule has 16 heavy (non-hydrogen) atoms. The number of alkyl halides is 2. The van der Waals surface area contributed by atoms with Crippen LogP contribution in [0, 0.1) is 10.1 Å². The molecule has 1 aromatic heterocycles. The van der Waals surface area contributed by atoms with Crippen molar-refractivity contribution < 1.29 is 18.5 Å². The van der Waals surface area contributed by atoms with Crippen LogP contribution in [0.25, 0.3) is 0 Å². The van der Waals surface area contributed by atoms with Crippen LogP contribution in [0.1, 0.15) is 22.6 Å². The molecule has 0 fully saturated rings. The maximum atomic E-state index is 12.4. The Hall–Kier alpha value is -1.83. The monoisotopic (exact) mass is 251 g/mol. The van der Waals surface area contributed by atoms with Crippen molar-refractivity contribution in [2.75, 3.05) is 5.73 Å². The number of nitrogen functional groups attached to an aromatic ring is 1. The number of rotatable bonds is 3. The quantitative estimate of drug-likeness (QED) is 0.502. The van der Waals surface area contributed by atoms with Crippen LogP contribution in [0.3, 0.4) is 0 Å². The topological polar surface area (TPSA) is 99.1 Å². The predicted molar refractivity (Wildman–Crippen MR) is 50.4 cm³/mol. The van der Waals surface area contributed by atoms with Crippen molar-refractivity contribution in [3.05, 3.63) is 27.6 Å². The van der Waals surface area contributed by atoms with E-state index in [0.717, 1.165) is 0 Å². The third kappa shape index (κ3) is 2.22. The van der Waals surface area contributed by atoms with E-state index in [1.807, 2.05) is 0 Å². The molecule has 0 amide bonds. The zero-order valence-corrected chi connectivity index (χ0v) is 8.24. The number of aromatic nitrogens is 1. The number of carbonyl (C=O) groups excluding carboxylic acids is 1. The summed E-state index contributed by atoms with van der Waals surface area (Å²) >= 11 is 5.02. The molecule has 0 saturated heterocycles. The Labute approximate surface area is 92.2 Å². The number of nitrogens with zero attached hydrogens (tertiary/aromatic N) is 2. The van der Waals surface area contributed by atoms with Crippen LogP contribution in [-0.2, 0) is 0 Å². The number of nitro groups is 1. The van der Waals surface area contributed by atoms with Crippen molar-refractivity contribution in [2.24, 2.45) is 0 Å². The van der Waals surface area contributed by atoms with Crippen LogP contribution >= 0.6 is 11.6 Å². The third-order valence-electron chi connectivity index (χ3n) is 1.65. The minimum atomic E-state index is -3.20. The van der Waals surface area contributed by atoms with Crippen LogP contribution in [-0.4, -0.2) is 15.1 Å². The average Bonchev–Trinajstić information content (AvgIpc) is 2.15. The predicted octanol–water partition coefficient (Wildman–Crippen LogP) is 1.89. The van der Waals surface area contributed by atoms with Gasteiger partial charge >= 0.3 is 0 Å². The number of halogens is 3. The fraction of sp³-hybridized carbons (Fsp3) is 0.143. The van der Waals surface area contributed by atoms with Gasteiger partial charge in [0.2, 0.25) is 0 Å². The molecular weight excluding hydrogens is 248 g/mol. The van der Waals surface area contributed by atoms with Gasteiger partial charge in [0.15, 0.2) is 5.69 Å². The normalized spacial score (nSPS) is 10.5. The highest BCUT2D eigenvalue weighted by molar-refractivity contribution is 6.68. The summed E-state index contributed by atoms with van der Waals surface area (Å²) in [4.78, 5) is 23.2. The summed E-state index contributed by atoms with van der Waals surface area (Å²) in [6.07, 6.45) is -3.20. The van der Waals surface area contributed by atoms with Crippen LogP contribution in [0.2, 0.25) is 0 Å². The molecule has 0 unspecified atom stereocenters. The molecule has 1 rings (SSSR count). The highest BCUT2D eigenvalue weighted by Gasteiger charge is 2.27. The van der Waals surface area contributed by atoms with Crippen molar-refractivity contribution in [2.45, 2.75) is 6.43 Å². The second-order valence-electron chi connectivity index (χ2n) is 2.66. The Kier molecular flexibility index (Phi) is 3.33. The van der Waals surface area contributed by atoms with E-state index in [-0.39, 0.29) is 0 Å². The van der Waals surface area contributed by atoms with Gasteiger partial charge in [-0.15, -0.1) is 0 Å². The van der Waals surface area contributed by atoms with Crippen molar-refractivity contribution in [1.29, 1.82) is 0 Å². The summed E-state index contributed by atoms with van der Waals surface area (Å²) in [6.45, 7) is 0. The molecule has 0 aliphatic carbocycles. The lowest BCUT2D eigenvalue weighted by Gasteiger charge is -2.04. The molecule has 0 atom stereocenters. The molecule has 6 nitrogen and oxygen atoms in total. The maximum Gasteiger partial charge on any atom is 0.298 e. The smallest absolute Gasteiger partial charge is 0.298 e. The summed E-state index contributed by atoms with van der Waals surface area (Å²) in [7, 11) is 0. The van der Waals surface area contributed by atoms with E-state index in [1.165, 1.54) is 0 Å². The second kappa shape index (κ2) is 4.35. The van der Waals surface area contributed by atoms with Crippen LogP contribution in [0.4, 0.5) is 20.2 Å². The molecule has 0 radical (unpaired) electrons. The van der Waals surface area contributed by atoms with Crippen molar-refractivity contribution in [1.82, 2.24) is 4.98 Å². The van der Waals surface area contributed by atoms with Gasteiger partial charge in [0.05, 0.1) is 10.6 Å². The average molecular weight is 252 g/mol. The van der Waals surface area contributed by atoms with E-state index < -0.39 is 39.4 Å². The van der Waals surface area contributed by atoms with E-state index in [0.29, 0.717) is 6.07 Å². The molecule has 1 heterocycles. The number of anilines is 1. The first-order valence-electron chi connectivity index (χ1n) is 3.77. The lowest BCUT2D eigenvalue weighted by atomic mass is 10.2. The largest absolute Gasteiger partial charge is 0.397 e. The van der Waals surface area contributed by atoms with E-state index in [2.05, 4.69) is 4.98 Å². The Balaban J connectivity index is 3.49. The van der Waals surface area contributed by atoms with Crippen molar-refractivity contribution in [3.8, 4) is 0 Å². The highest BCUT2D eigenvalue weighted by atomic mass is 35.5. The van der Waals surface area contributed by atoms with Gasteiger partial charge < -0.3 is 5.73 Å². The number of hydrogen-bond acceptors (Lipinski definition) is 5. The standard InChI is InChI=1S/C7H4ClF2N3O3/c8-6(14)4-2(11)1-3(13(15)16)5(12-4)7(9)10/h1,7H,11H2. The van der Waals surface area contributed by atoms with E-state index in [4.69, 9.17) is 17.3 Å². The first kappa shape index (κ1) is 12.2. The van der Waals surface area contributed by atoms with E-state index >= 15 is 0 Å². The summed E-state index contributed by atoms with van der Waals surface area (Å²) in [6, 6.07) is 0.629. The van der Waals surface area contributed by atoms with Crippen LogP contribution < -0.4 is 5.73 Å². The molecule has 0 saturated carbocycles. The summed E-state index contributed by atoms with van der Waals surface area (Å²) in [5.74, 6) is 0. The van der Waals surface area contributed by atoms with Gasteiger partial charge in [0.25, 0.3) is 17.4 Å². The Morgan fingerprint density at radius 1 is 1.62 bits per heavy atom. The Morgan fingerprint density at radius 3 is 2.56 bits per heavy atom. The first-order valence-corrected chi connectivity index (χ1v) is 4.15. The molecule has 0 aliphatic heterocycles. The third-order valence-corrected chi connectivity index (χ3v) is 1.83. The number of pyridine rings is 1. The second-order valence-corrected chi connectivity index (χ2v) is 3.01. The lowest BCUT2D eigenvalue weighted by molar-refractivity contribution is -0.386. The first-order chi connectivity index (χ1) is 7.34. The van der Waals surface area contributed by atoms with Gasteiger partial charge in [-0.25, -0.2) is 13.8 Å². The zero-order valence-electron chi connectivity index (χ0n) is 7.49. The summed E-state index contributed by atoms with van der Waals surface area (Å²) < 4.78 is 24.8. The summed E-state index contributed by atoms with van der Waals surface area (Å²) in [5.41, 5.74) is 2.08. The van der Waals surface area contributed by atoms with Gasteiger partial charge in [-0.05, 0) is 11.6 Å². The van der Waals surface area contributed by atoms with Crippen molar-refractivity contribution >= 4 is 28.2 Å². The van der Waals surface area contributed by atoms with Gasteiger partial charge in [0.1, 0.15) is 5.69 Å². The van der Waals surface area contributed by atoms with Crippen LogP contribution in [0.15, 0.2) is 6.07 Å². The lowest BCUT2D eigenvalue weighted by Crippen LogP contribution is -2.08. The van der Waals surface area contributed by atoms with Gasteiger partial charge in [-0.2, -0.15) is 0 Å². The molecule has 0 bridgehead atoms. The number of hydrogen-bond donors (Lipinski definition) is 1. The Morgan fingerprint density at radius 2 is 2.19 bits per heavy atom. The van der Waals surface area contributed by atoms with Gasteiger partial charge in [0, 0.05) is 6.07 Å². The Bertz CT molecular complexity index is 466. The molecule has 1 aromatic rings. The summed E-state index contributed by atoms with van der Waals surface area (Å²) in [5, 5.41) is 9.26. The van der Waals surface area contributed by atoms with Crippen molar-refractivity contribution in [3.63, 3.8) is 0 Å². The molecular formula is C7H4ClF2N3O3. The highest BCUT2D eigenvalue weighted by Crippen LogP contribution is 2.30. The fourth-order valence-corrected chi connectivity index (χ4v) is 1.15. The molecule has 0 aromatic carbocycles. The maximum absolute atomic E-state index is 12.4. The zero-order chi connectivity index (χ0) is 12.5. The molecule has 0 aliphatic rings. The van der Waals surface area contributed by atoms with Gasteiger partial charge in [-0.3, -0.25) is 14.9 Å². The molecule has 86 valence electrons. The SMILES string of the molecule is Nc1cc([N+](=O)[O-])c(C(F)F)nc1C(=O)Cl. The molecule has 9 heteroatoms. The minimum absolute atomic E-state index is 0.420. The number of carbonyl (C=O) groups is 1. The van der Waals surface area contributed by atoms with Gasteiger partial charge in [-0.1, -0.05) is 0 Å². The van der Waals surface area contributed by atoms with E-state index in [9.17, 15) is 23.7 Å². The number of nitrogens with two attached hydrogens (primary N) is 1. The minimum Gasteiger partial charge on any atom is -0.397 e. The molecule has 2 N–H and O–H groups in total.